The van der Waals surface area contributed by atoms with Crippen LogP contribution in [0.1, 0.15) is 78.1 Å². The monoisotopic (exact) mass is 416 g/mol. The van der Waals surface area contributed by atoms with E-state index in [0.29, 0.717) is 12.6 Å². The number of likely N-dealkylation sites (tertiary alicyclic amines) is 1. The third-order valence-electron chi connectivity index (χ3n) is 6.66. The Balaban J connectivity index is 1.45. The second kappa shape index (κ2) is 11.7. The van der Waals surface area contributed by atoms with Gasteiger partial charge in [0.25, 0.3) is 5.91 Å². The van der Waals surface area contributed by atoms with Gasteiger partial charge in [0.2, 0.25) is 0 Å². The Hall–Kier alpha value is -1.59. The zero-order chi connectivity index (χ0) is 21.2. The molecule has 0 radical (unpaired) electrons. The van der Waals surface area contributed by atoms with Crippen molar-refractivity contribution in [2.45, 2.75) is 89.7 Å². The third kappa shape index (κ3) is 6.45. The average molecular weight is 417 g/mol. The first-order valence-corrected chi connectivity index (χ1v) is 12.1. The highest BCUT2D eigenvalue weighted by Crippen LogP contribution is 2.32. The van der Waals surface area contributed by atoms with Crippen molar-refractivity contribution in [3.63, 3.8) is 0 Å². The number of rotatable bonds is 9. The highest BCUT2D eigenvalue weighted by Gasteiger charge is 2.39. The maximum Gasteiger partial charge on any atom is 0.256 e. The van der Waals surface area contributed by atoms with Crippen LogP contribution in [0, 0.1) is 0 Å². The van der Waals surface area contributed by atoms with Gasteiger partial charge in [-0.1, -0.05) is 32.1 Å². The molecule has 1 amide bonds. The summed E-state index contributed by atoms with van der Waals surface area (Å²) in [4.78, 5) is 15.6. The summed E-state index contributed by atoms with van der Waals surface area (Å²) in [5.41, 5.74) is 0.129. The van der Waals surface area contributed by atoms with Gasteiger partial charge in [-0.05, 0) is 76.8 Å². The highest BCUT2D eigenvalue weighted by atomic mass is 16.5. The van der Waals surface area contributed by atoms with Gasteiger partial charge in [0.15, 0.2) is 0 Å². The lowest BCUT2D eigenvalue weighted by atomic mass is 9.93. The van der Waals surface area contributed by atoms with Crippen molar-refractivity contribution in [1.82, 2.24) is 4.90 Å². The number of nitrogens with zero attached hydrogens (tertiary/aromatic N) is 1. The molecule has 0 aromatic heterocycles. The number of hydrogen-bond donors (Lipinski definition) is 1. The van der Waals surface area contributed by atoms with E-state index < -0.39 is 5.60 Å². The van der Waals surface area contributed by atoms with Crippen molar-refractivity contribution >= 4 is 11.6 Å². The van der Waals surface area contributed by atoms with Gasteiger partial charge in [0.1, 0.15) is 11.4 Å². The second-order valence-corrected chi connectivity index (χ2v) is 8.90. The number of carbonyl (C=O) groups is 1. The fraction of sp³-hybridized carbons (Fsp3) is 0.720. The van der Waals surface area contributed by atoms with Crippen LogP contribution in [0.5, 0.6) is 5.75 Å². The highest BCUT2D eigenvalue weighted by molar-refractivity contribution is 5.97. The molecule has 30 heavy (non-hydrogen) atoms. The molecule has 0 spiro atoms. The molecule has 1 N–H and O–H groups in total. The van der Waals surface area contributed by atoms with E-state index in [4.69, 9.17) is 9.47 Å². The first kappa shape index (κ1) is 23.1. The Labute approximate surface area is 182 Å². The van der Waals surface area contributed by atoms with E-state index in [2.05, 4.69) is 17.1 Å². The van der Waals surface area contributed by atoms with Crippen LogP contribution in [0.15, 0.2) is 24.3 Å². The molecule has 1 aromatic rings. The number of hydrogen-bond acceptors (Lipinski definition) is 4. The Morgan fingerprint density at radius 1 is 1.10 bits per heavy atom. The van der Waals surface area contributed by atoms with E-state index in [1.165, 1.54) is 38.6 Å². The van der Waals surface area contributed by atoms with Gasteiger partial charge in [0.05, 0.1) is 6.61 Å². The Bertz CT molecular complexity index is 638. The van der Waals surface area contributed by atoms with Crippen molar-refractivity contribution in [3.05, 3.63) is 24.3 Å². The number of anilines is 1. The topological polar surface area (TPSA) is 50.8 Å². The Morgan fingerprint density at radius 3 is 2.50 bits per heavy atom. The Kier molecular flexibility index (Phi) is 9.01. The molecule has 0 bridgehead atoms. The van der Waals surface area contributed by atoms with Gasteiger partial charge in [-0.3, -0.25) is 4.79 Å². The fourth-order valence-corrected chi connectivity index (χ4v) is 4.84. The molecule has 1 unspecified atom stereocenters. The minimum atomic E-state index is -0.675. The van der Waals surface area contributed by atoms with E-state index in [0.717, 1.165) is 56.7 Å². The van der Waals surface area contributed by atoms with E-state index in [1.54, 1.807) is 0 Å². The van der Waals surface area contributed by atoms with Crippen LogP contribution in [0.25, 0.3) is 0 Å². The lowest BCUT2D eigenvalue weighted by Gasteiger charge is -2.33. The number of benzene rings is 1. The van der Waals surface area contributed by atoms with Gasteiger partial charge in [-0.25, -0.2) is 0 Å². The summed E-state index contributed by atoms with van der Waals surface area (Å²) >= 11 is 0. The summed E-state index contributed by atoms with van der Waals surface area (Å²) in [6.45, 7) is 7.92. The van der Waals surface area contributed by atoms with Gasteiger partial charge >= 0.3 is 0 Å². The largest absolute Gasteiger partial charge is 0.494 e. The predicted molar refractivity (Wildman–Crippen MR) is 122 cm³/mol. The molecular weight excluding hydrogens is 376 g/mol. The second-order valence-electron chi connectivity index (χ2n) is 8.90. The summed E-state index contributed by atoms with van der Waals surface area (Å²) in [5.74, 6) is 0.851. The molecule has 1 saturated heterocycles. The van der Waals surface area contributed by atoms with E-state index in [-0.39, 0.29) is 5.91 Å². The molecule has 2 fully saturated rings. The van der Waals surface area contributed by atoms with Crippen LogP contribution in [0.2, 0.25) is 0 Å². The number of amides is 1. The first-order chi connectivity index (χ1) is 14.6. The molecule has 168 valence electrons. The van der Waals surface area contributed by atoms with Crippen molar-refractivity contribution in [2.24, 2.45) is 0 Å². The third-order valence-corrected chi connectivity index (χ3v) is 6.66. The van der Waals surface area contributed by atoms with Gasteiger partial charge < -0.3 is 19.7 Å². The van der Waals surface area contributed by atoms with Crippen LogP contribution in [-0.4, -0.2) is 48.8 Å². The molecule has 1 atom stereocenters. The zero-order valence-corrected chi connectivity index (χ0v) is 19.0. The SMILES string of the molecule is CCOC1(C(=O)Nc2ccc(OCCCN3CCCCC3C)cc2)CCCCCC1. The van der Waals surface area contributed by atoms with Crippen LogP contribution in [0.4, 0.5) is 5.69 Å². The summed E-state index contributed by atoms with van der Waals surface area (Å²) in [6.07, 6.45) is 11.1. The molecule has 5 heteroatoms. The number of carbonyl (C=O) groups excluding carboxylic acids is 1. The van der Waals surface area contributed by atoms with E-state index in [9.17, 15) is 4.79 Å². The molecular formula is C25H40N2O3. The molecule has 1 saturated carbocycles. The number of ether oxygens (including phenoxy) is 2. The normalized spacial score (nSPS) is 22.3. The minimum Gasteiger partial charge on any atom is -0.494 e. The zero-order valence-electron chi connectivity index (χ0n) is 19.0. The van der Waals surface area contributed by atoms with Crippen LogP contribution < -0.4 is 10.1 Å². The van der Waals surface area contributed by atoms with Crippen LogP contribution >= 0.6 is 0 Å². The first-order valence-electron chi connectivity index (χ1n) is 12.1. The van der Waals surface area contributed by atoms with Gasteiger partial charge in [0, 0.05) is 24.9 Å². The summed E-state index contributed by atoms with van der Waals surface area (Å²) < 4.78 is 11.9. The van der Waals surface area contributed by atoms with Crippen molar-refractivity contribution in [3.8, 4) is 5.75 Å². The quantitative estimate of drug-likeness (QED) is 0.433. The lowest BCUT2D eigenvalue weighted by Crippen LogP contribution is -2.45. The van der Waals surface area contributed by atoms with Crippen LogP contribution in [0.3, 0.4) is 0 Å². The predicted octanol–water partition coefficient (Wildman–Crippen LogP) is 5.40. The van der Waals surface area contributed by atoms with Gasteiger partial charge in [-0.2, -0.15) is 0 Å². The van der Waals surface area contributed by atoms with Crippen LogP contribution in [-0.2, 0) is 9.53 Å². The molecule has 2 aliphatic rings. The lowest BCUT2D eigenvalue weighted by molar-refractivity contribution is -0.143. The Morgan fingerprint density at radius 2 is 1.83 bits per heavy atom. The average Bonchev–Trinajstić information content (AvgIpc) is 3.00. The van der Waals surface area contributed by atoms with Crippen molar-refractivity contribution in [2.75, 3.05) is 31.6 Å². The smallest absolute Gasteiger partial charge is 0.256 e. The summed E-state index contributed by atoms with van der Waals surface area (Å²) in [7, 11) is 0. The van der Waals surface area contributed by atoms with E-state index >= 15 is 0 Å². The maximum absolute atomic E-state index is 13.0. The molecule has 1 aromatic carbocycles. The summed E-state index contributed by atoms with van der Waals surface area (Å²) in [6, 6.07) is 8.45. The summed E-state index contributed by atoms with van der Waals surface area (Å²) in [5, 5.41) is 3.08. The maximum atomic E-state index is 13.0. The number of piperidine rings is 1. The standard InChI is InChI=1S/C25H40N2O3/c1-3-30-25(16-7-4-5-8-17-25)24(28)26-22-12-14-23(15-13-22)29-20-10-19-27-18-9-6-11-21(27)2/h12-15,21H,3-11,16-20H2,1-2H3,(H,26,28). The molecule has 3 rings (SSSR count). The molecule has 1 aliphatic carbocycles. The van der Waals surface area contributed by atoms with Gasteiger partial charge in [-0.15, -0.1) is 0 Å². The van der Waals surface area contributed by atoms with Crippen molar-refractivity contribution in [1.29, 1.82) is 0 Å². The molecule has 1 heterocycles. The van der Waals surface area contributed by atoms with E-state index in [1.807, 2.05) is 31.2 Å². The minimum absolute atomic E-state index is 0.00410. The van der Waals surface area contributed by atoms with Crippen molar-refractivity contribution < 1.29 is 14.3 Å². The molecule has 1 aliphatic heterocycles. The molecule has 5 nitrogen and oxygen atoms in total. The number of nitrogens with one attached hydrogen (secondary N) is 1. The fourth-order valence-electron chi connectivity index (χ4n) is 4.84.